The van der Waals surface area contributed by atoms with Crippen LogP contribution in [0.4, 0.5) is 0 Å². The number of aliphatic carboxylic acids is 5. The fraction of sp³-hybridized carbons (Fsp3) is 0.821. The van der Waals surface area contributed by atoms with Gasteiger partial charge in [-0.2, -0.15) is 0 Å². The fourth-order valence-corrected chi connectivity index (χ4v) is 4.41. The van der Waals surface area contributed by atoms with Crippen molar-refractivity contribution in [2.24, 2.45) is 28.7 Å². The Morgan fingerprint density at radius 2 is 0.849 bits per heavy atom. The van der Waals surface area contributed by atoms with Crippen LogP contribution in [0.3, 0.4) is 0 Å². The summed E-state index contributed by atoms with van der Waals surface area (Å²) in [6, 6.07) is -4.00. The molecule has 2 heterocycles. The topological polar surface area (TPSA) is 475 Å². The summed E-state index contributed by atoms with van der Waals surface area (Å²) in [7, 11) is 0. The molecule has 0 aromatic heterocycles. The number of carbonyl (C=O) groups is 5. The molecule has 2 aliphatic heterocycles. The monoisotopic (exact) mass is 783 g/mol. The van der Waals surface area contributed by atoms with E-state index < -0.39 is 128 Å². The summed E-state index contributed by atoms with van der Waals surface area (Å²) >= 11 is 0. The minimum atomic E-state index is -1.49. The highest BCUT2D eigenvalue weighted by atomic mass is 16.7. The molecule has 21 N–H and O–H groups in total. The molecule has 0 bridgehead atoms. The van der Waals surface area contributed by atoms with Crippen molar-refractivity contribution in [3.8, 4) is 0 Å². The highest BCUT2D eigenvalue weighted by Gasteiger charge is 2.51. The van der Waals surface area contributed by atoms with Crippen molar-refractivity contribution >= 4 is 29.8 Å². The summed E-state index contributed by atoms with van der Waals surface area (Å²) in [5.41, 5.74) is 29.7. The normalized spacial score (nSPS) is 35.8. The molecule has 0 amide bonds. The molecular formula is C28H57N5O20. The van der Waals surface area contributed by atoms with Gasteiger partial charge < -0.3 is 104 Å². The summed E-state index contributed by atoms with van der Waals surface area (Å²) in [5, 5.41) is 97.8. The Morgan fingerprint density at radius 1 is 0.547 bits per heavy atom. The lowest BCUT2D eigenvalue weighted by Gasteiger charge is -2.48. The predicted octanol–water partition coefficient (Wildman–Crippen LogP) is -6.87. The molecule has 3 fully saturated rings. The lowest BCUT2D eigenvalue weighted by Crippen LogP contribution is -2.69. The second-order valence-corrected chi connectivity index (χ2v) is 11.5. The van der Waals surface area contributed by atoms with Crippen molar-refractivity contribution in [3.05, 3.63) is 0 Å². The van der Waals surface area contributed by atoms with Crippen LogP contribution in [0.15, 0.2) is 0 Å². The molecule has 1 saturated carbocycles. The third kappa shape index (κ3) is 22.5. The van der Waals surface area contributed by atoms with Gasteiger partial charge in [0.2, 0.25) is 0 Å². The fourth-order valence-electron chi connectivity index (χ4n) is 4.41. The molecule has 0 spiro atoms. The Bertz CT molecular complexity index is 1000. The summed E-state index contributed by atoms with van der Waals surface area (Å²) in [6.07, 6.45) is -14.0. The first-order valence-electron chi connectivity index (χ1n) is 15.5. The van der Waals surface area contributed by atoms with E-state index in [1.165, 1.54) is 0 Å². The van der Waals surface area contributed by atoms with Crippen molar-refractivity contribution in [1.82, 2.24) is 0 Å². The van der Waals surface area contributed by atoms with Crippen LogP contribution in [0.1, 0.15) is 41.0 Å². The number of aliphatic hydroxyl groups is 6. The zero-order valence-corrected chi connectivity index (χ0v) is 29.8. The Morgan fingerprint density at radius 3 is 1.17 bits per heavy atom. The number of carboxylic acid groups (broad SMARTS) is 5. The van der Waals surface area contributed by atoms with Crippen LogP contribution in [-0.2, 0) is 42.9 Å². The van der Waals surface area contributed by atoms with Crippen LogP contribution in [0.25, 0.3) is 0 Å². The minimum absolute atomic E-state index is 0.123. The Hall–Kier alpha value is -3.25. The number of nitrogens with two attached hydrogens (primary N) is 5. The Balaban J connectivity index is -0.00000103. The lowest BCUT2D eigenvalue weighted by atomic mass is 9.84. The van der Waals surface area contributed by atoms with E-state index in [2.05, 4.69) is 0 Å². The third-order valence-corrected chi connectivity index (χ3v) is 6.56. The van der Waals surface area contributed by atoms with Crippen LogP contribution < -0.4 is 28.7 Å². The van der Waals surface area contributed by atoms with E-state index in [4.69, 9.17) is 97.1 Å². The standard InChI is InChI=1S/C18H37N5O10.5C2H4O2/c19-2-6-11(26)13(28)8(22)17(30-6)32-15-5(21)1-4(20)10(25)16(15)33-18-9(23)14(29)12(27)7(3-24)31-18;5*1-2(3)4/h4-18,24-29H,1-3,19-23H2;5*1H3,(H,3,4)/t4-,5+,6-,7-,8-,9-,10+,11-,12-,13-,14-,15-,16-,17-,18+;;;;;/m1...../s1. The van der Waals surface area contributed by atoms with E-state index in [9.17, 15) is 30.6 Å². The van der Waals surface area contributed by atoms with Gasteiger partial charge in [0.25, 0.3) is 29.8 Å². The van der Waals surface area contributed by atoms with Gasteiger partial charge in [0.05, 0.1) is 24.8 Å². The predicted molar refractivity (Wildman–Crippen MR) is 176 cm³/mol. The average molecular weight is 784 g/mol. The molecule has 15 atom stereocenters. The molecule has 25 heteroatoms. The van der Waals surface area contributed by atoms with Crippen molar-refractivity contribution < 1.29 is 99.1 Å². The van der Waals surface area contributed by atoms with Gasteiger partial charge >= 0.3 is 0 Å². The van der Waals surface area contributed by atoms with Gasteiger partial charge in [-0.1, -0.05) is 0 Å². The molecule has 0 radical (unpaired) electrons. The highest BCUT2D eigenvalue weighted by molar-refractivity contribution is 5.63. The van der Waals surface area contributed by atoms with Crippen LogP contribution >= 0.6 is 0 Å². The van der Waals surface area contributed by atoms with Gasteiger partial charge in [-0.3, -0.25) is 24.0 Å². The number of rotatable bonds is 6. The minimum Gasteiger partial charge on any atom is -0.481 e. The molecule has 0 unspecified atom stereocenters. The molecule has 25 nitrogen and oxygen atoms in total. The molecule has 53 heavy (non-hydrogen) atoms. The summed E-state index contributed by atoms with van der Waals surface area (Å²) in [4.78, 5) is 45.0. The maximum Gasteiger partial charge on any atom is 0.300 e. The first kappa shape index (κ1) is 54.1. The molecule has 314 valence electrons. The molecule has 1 aliphatic carbocycles. The van der Waals surface area contributed by atoms with Crippen molar-refractivity contribution in [2.45, 2.75) is 133 Å². The molecule has 2 saturated heterocycles. The van der Waals surface area contributed by atoms with Crippen molar-refractivity contribution in [2.75, 3.05) is 13.2 Å². The second kappa shape index (κ2) is 27.4. The average Bonchev–Trinajstić information content (AvgIpc) is 3.00. The van der Waals surface area contributed by atoms with E-state index in [1.807, 2.05) is 0 Å². The molecule has 0 aromatic carbocycles. The molecular weight excluding hydrogens is 726 g/mol. The van der Waals surface area contributed by atoms with E-state index in [0.717, 1.165) is 34.6 Å². The van der Waals surface area contributed by atoms with Crippen LogP contribution in [-0.4, -0.2) is 191 Å². The van der Waals surface area contributed by atoms with E-state index in [0.29, 0.717) is 0 Å². The Kier molecular flexibility index (Phi) is 27.9. The Labute approximate surface area is 303 Å². The zero-order valence-electron chi connectivity index (χ0n) is 29.8. The lowest BCUT2D eigenvalue weighted by molar-refractivity contribution is -0.324. The summed E-state index contributed by atoms with van der Waals surface area (Å²) in [5.74, 6) is -4.17. The first-order valence-corrected chi connectivity index (χ1v) is 15.5. The summed E-state index contributed by atoms with van der Waals surface area (Å²) < 4.78 is 22.8. The van der Waals surface area contributed by atoms with Crippen LogP contribution in [0.2, 0.25) is 0 Å². The van der Waals surface area contributed by atoms with Crippen molar-refractivity contribution in [3.63, 3.8) is 0 Å². The molecule has 0 aromatic rings. The quantitative estimate of drug-likeness (QED) is 0.119. The zero-order chi connectivity index (χ0) is 42.5. The smallest absolute Gasteiger partial charge is 0.300 e. The molecule has 3 aliphatic rings. The van der Waals surface area contributed by atoms with Crippen LogP contribution in [0, 0.1) is 0 Å². The largest absolute Gasteiger partial charge is 0.481 e. The SMILES string of the molecule is CC(=O)O.CC(=O)O.CC(=O)O.CC(=O)O.CC(=O)O.NC[C@H]1O[C@H](O[C@H]2[C@H](O[C@@H]3O[C@H](CO)[C@@H](O)[C@H](O)[C@H]3N)[C@@H](O)[C@H](N)C[C@@H]2N)[C@H](N)[C@@H](O)[C@@H]1O. The van der Waals surface area contributed by atoms with E-state index in [1.54, 1.807) is 0 Å². The number of ether oxygens (including phenoxy) is 4. The van der Waals surface area contributed by atoms with E-state index in [-0.39, 0.29) is 13.0 Å². The van der Waals surface area contributed by atoms with Gasteiger partial charge in [0.15, 0.2) is 12.6 Å². The first-order chi connectivity index (χ1) is 24.2. The highest BCUT2D eigenvalue weighted by Crippen LogP contribution is 2.31. The molecule has 3 rings (SSSR count). The third-order valence-electron chi connectivity index (χ3n) is 6.56. The van der Waals surface area contributed by atoms with Gasteiger partial charge in [-0.25, -0.2) is 0 Å². The maximum absolute atomic E-state index is 10.7. The van der Waals surface area contributed by atoms with Gasteiger partial charge in [-0.15, -0.1) is 0 Å². The van der Waals surface area contributed by atoms with Gasteiger partial charge in [0.1, 0.15) is 48.8 Å². The maximum atomic E-state index is 10.7. The van der Waals surface area contributed by atoms with Gasteiger partial charge in [-0.05, 0) is 6.42 Å². The van der Waals surface area contributed by atoms with Crippen LogP contribution in [0.5, 0.6) is 0 Å². The van der Waals surface area contributed by atoms with Gasteiger partial charge in [0, 0.05) is 53.2 Å². The van der Waals surface area contributed by atoms with Crippen molar-refractivity contribution in [1.29, 1.82) is 0 Å². The summed E-state index contributed by atoms with van der Waals surface area (Å²) in [6.45, 7) is 4.67. The van der Waals surface area contributed by atoms with E-state index >= 15 is 0 Å². The second-order valence-electron chi connectivity index (χ2n) is 11.5. The number of hydrogen-bond donors (Lipinski definition) is 16. The number of aliphatic hydroxyl groups excluding tert-OH is 6. The number of carboxylic acids is 5. The number of hydrogen-bond acceptors (Lipinski definition) is 20.